The fraction of sp³-hybridized carbons (Fsp3) is 0.476. The molecule has 1 heterocycles. The Kier molecular flexibility index (Phi) is 9.85. The molecule has 1 amide bonds. The van der Waals surface area contributed by atoms with Crippen molar-refractivity contribution in [3.05, 3.63) is 46.5 Å². The van der Waals surface area contributed by atoms with Crippen LogP contribution in [0.2, 0.25) is 0 Å². The van der Waals surface area contributed by atoms with E-state index < -0.39 is 11.9 Å². The van der Waals surface area contributed by atoms with Gasteiger partial charge in [0.2, 0.25) is 0 Å². The first-order valence-corrected chi connectivity index (χ1v) is 9.37. The van der Waals surface area contributed by atoms with Crippen molar-refractivity contribution in [1.29, 1.82) is 0 Å². The first-order valence-electron chi connectivity index (χ1n) is 9.37. The standard InChI is InChI=1S/C21H28N2O5.ClH/c1-14(2)18(21(26)28-4)17(20(25)27-3)13-15-5-7-16(8-6-15)19(24)23-11-9-22-10-12-23;/h5-8,14,22H,9-13H2,1-4H3;1H. The Morgan fingerprint density at radius 2 is 1.55 bits per heavy atom. The maximum absolute atomic E-state index is 12.6. The first-order chi connectivity index (χ1) is 13.4. The highest BCUT2D eigenvalue weighted by Gasteiger charge is 2.25. The van der Waals surface area contributed by atoms with Crippen LogP contribution in [0.4, 0.5) is 0 Å². The molecule has 1 saturated heterocycles. The van der Waals surface area contributed by atoms with Crippen LogP contribution in [0.15, 0.2) is 35.4 Å². The van der Waals surface area contributed by atoms with Crippen LogP contribution in [-0.4, -0.2) is 63.1 Å². The molecule has 1 fully saturated rings. The van der Waals surface area contributed by atoms with Gasteiger partial charge in [-0.15, -0.1) is 12.4 Å². The molecular formula is C21H29ClN2O5. The lowest BCUT2D eigenvalue weighted by Gasteiger charge is -2.27. The van der Waals surface area contributed by atoms with Crippen LogP contribution in [0.1, 0.15) is 29.8 Å². The maximum atomic E-state index is 12.6. The molecule has 0 saturated carbocycles. The number of rotatable bonds is 6. The van der Waals surface area contributed by atoms with E-state index in [2.05, 4.69) is 5.32 Å². The maximum Gasteiger partial charge on any atom is 0.334 e. The second-order valence-electron chi connectivity index (χ2n) is 6.95. The predicted octanol–water partition coefficient (Wildman–Crippen LogP) is 1.99. The number of esters is 2. The molecule has 0 unspecified atom stereocenters. The van der Waals surface area contributed by atoms with Crippen LogP contribution >= 0.6 is 12.4 Å². The average Bonchev–Trinajstić information content (AvgIpc) is 2.72. The molecule has 0 bridgehead atoms. The molecule has 2 rings (SSSR count). The summed E-state index contributed by atoms with van der Waals surface area (Å²) in [6.45, 7) is 6.61. The third-order valence-electron chi connectivity index (χ3n) is 4.73. The molecule has 1 N–H and O–H groups in total. The lowest BCUT2D eigenvalue weighted by atomic mass is 9.92. The quantitative estimate of drug-likeness (QED) is 0.555. The van der Waals surface area contributed by atoms with E-state index in [0.717, 1.165) is 18.7 Å². The average molecular weight is 425 g/mol. The molecule has 1 aromatic carbocycles. The van der Waals surface area contributed by atoms with Gasteiger partial charge >= 0.3 is 11.9 Å². The molecule has 160 valence electrons. The highest BCUT2D eigenvalue weighted by Crippen LogP contribution is 2.22. The van der Waals surface area contributed by atoms with E-state index in [0.29, 0.717) is 24.2 Å². The molecule has 1 aliphatic heterocycles. The van der Waals surface area contributed by atoms with Gasteiger partial charge in [-0.3, -0.25) is 4.79 Å². The van der Waals surface area contributed by atoms with Gasteiger partial charge in [0.05, 0.1) is 25.4 Å². The summed E-state index contributed by atoms with van der Waals surface area (Å²) in [6, 6.07) is 7.10. The van der Waals surface area contributed by atoms with Gasteiger partial charge in [0, 0.05) is 38.2 Å². The number of hydrogen-bond acceptors (Lipinski definition) is 6. The Labute approximate surface area is 177 Å². The number of halogens is 1. The molecule has 0 atom stereocenters. The van der Waals surface area contributed by atoms with Crippen molar-refractivity contribution in [3.8, 4) is 0 Å². The van der Waals surface area contributed by atoms with Crippen molar-refractivity contribution in [2.45, 2.75) is 20.3 Å². The second-order valence-corrected chi connectivity index (χ2v) is 6.95. The van der Waals surface area contributed by atoms with Gasteiger partial charge in [-0.1, -0.05) is 26.0 Å². The van der Waals surface area contributed by atoms with E-state index in [-0.39, 0.29) is 36.2 Å². The van der Waals surface area contributed by atoms with Gasteiger partial charge in [0.25, 0.3) is 5.91 Å². The molecule has 7 nitrogen and oxygen atoms in total. The molecule has 0 spiro atoms. The van der Waals surface area contributed by atoms with E-state index in [1.165, 1.54) is 14.2 Å². The zero-order valence-electron chi connectivity index (χ0n) is 17.3. The van der Waals surface area contributed by atoms with Crippen LogP contribution in [0.5, 0.6) is 0 Å². The number of nitrogens with one attached hydrogen (secondary N) is 1. The molecule has 0 aromatic heterocycles. The largest absolute Gasteiger partial charge is 0.466 e. The normalized spacial score (nSPS) is 14.6. The minimum atomic E-state index is -0.560. The van der Waals surface area contributed by atoms with Crippen LogP contribution in [0, 0.1) is 5.92 Å². The van der Waals surface area contributed by atoms with Crippen molar-refractivity contribution in [2.75, 3.05) is 40.4 Å². The third-order valence-corrected chi connectivity index (χ3v) is 4.73. The summed E-state index contributed by atoms with van der Waals surface area (Å²) < 4.78 is 9.73. The summed E-state index contributed by atoms with van der Waals surface area (Å²) in [5, 5.41) is 3.22. The van der Waals surface area contributed by atoms with Crippen LogP contribution in [0.25, 0.3) is 0 Å². The first kappa shape index (κ1) is 24.7. The van der Waals surface area contributed by atoms with Crippen molar-refractivity contribution in [3.63, 3.8) is 0 Å². The summed E-state index contributed by atoms with van der Waals surface area (Å²) in [6.07, 6.45) is 0.220. The fourth-order valence-electron chi connectivity index (χ4n) is 3.24. The third kappa shape index (κ3) is 6.30. The number of amides is 1. The number of methoxy groups -OCH3 is 2. The van der Waals surface area contributed by atoms with E-state index in [1.807, 2.05) is 18.7 Å². The lowest BCUT2D eigenvalue weighted by Crippen LogP contribution is -2.46. The molecule has 0 radical (unpaired) electrons. The van der Waals surface area contributed by atoms with Crippen LogP contribution < -0.4 is 5.32 Å². The van der Waals surface area contributed by atoms with Crippen LogP contribution in [0.3, 0.4) is 0 Å². The van der Waals surface area contributed by atoms with Gasteiger partial charge < -0.3 is 19.7 Å². The number of ether oxygens (including phenoxy) is 2. The highest BCUT2D eigenvalue weighted by atomic mass is 35.5. The summed E-state index contributed by atoms with van der Waals surface area (Å²) in [4.78, 5) is 38.9. The number of nitrogens with zero attached hydrogens (tertiary/aromatic N) is 1. The zero-order valence-corrected chi connectivity index (χ0v) is 18.1. The molecular weight excluding hydrogens is 396 g/mol. The second kappa shape index (κ2) is 11.6. The number of benzene rings is 1. The number of hydrogen-bond donors (Lipinski definition) is 1. The van der Waals surface area contributed by atoms with Gasteiger partial charge in [-0.2, -0.15) is 0 Å². The number of piperazine rings is 1. The van der Waals surface area contributed by atoms with E-state index in [4.69, 9.17) is 9.47 Å². The SMILES string of the molecule is COC(=O)C(Cc1ccc(C(=O)N2CCNCC2)cc1)=C(C(=O)OC)C(C)C.Cl. The molecule has 29 heavy (non-hydrogen) atoms. The molecule has 1 aliphatic rings. The smallest absolute Gasteiger partial charge is 0.334 e. The van der Waals surface area contributed by atoms with Crippen LogP contribution in [-0.2, 0) is 25.5 Å². The fourth-order valence-corrected chi connectivity index (χ4v) is 3.24. The Morgan fingerprint density at radius 1 is 1.00 bits per heavy atom. The number of carbonyl (C=O) groups excluding carboxylic acids is 3. The topological polar surface area (TPSA) is 84.9 Å². The molecule has 0 aliphatic carbocycles. The zero-order chi connectivity index (χ0) is 20.7. The minimum Gasteiger partial charge on any atom is -0.466 e. The lowest BCUT2D eigenvalue weighted by molar-refractivity contribution is -0.139. The Balaban J connectivity index is 0.00000420. The highest BCUT2D eigenvalue weighted by molar-refractivity contribution is 6.01. The van der Waals surface area contributed by atoms with E-state index in [9.17, 15) is 14.4 Å². The van der Waals surface area contributed by atoms with Crippen molar-refractivity contribution in [2.24, 2.45) is 5.92 Å². The number of carbonyl (C=O) groups is 3. The Morgan fingerprint density at radius 3 is 2.03 bits per heavy atom. The molecule has 1 aromatic rings. The Bertz CT molecular complexity index is 753. The Hall–Kier alpha value is -2.38. The summed E-state index contributed by atoms with van der Waals surface area (Å²) in [7, 11) is 2.57. The van der Waals surface area contributed by atoms with Gasteiger partial charge in [-0.05, 0) is 23.6 Å². The molecule has 8 heteroatoms. The van der Waals surface area contributed by atoms with Crippen molar-refractivity contribution < 1.29 is 23.9 Å². The summed E-state index contributed by atoms with van der Waals surface area (Å²) in [5.74, 6) is -1.31. The summed E-state index contributed by atoms with van der Waals surface area (Å²) >= 11 is 0. The minimum absolute atomic E-state index is 0. The van der Waals surface area contributed by atoms with Crippen molar-refractivity contribution in [1.82, 2.24) is 10.2 Å². The van der Waals surface area contributed by atoms with E-state index in [1.54, 1.807) is 24.3 Å². The van der Waals surface area contributed by atoms with E-state index >= 15 is 0 Å². The monoisotopic (exact) mass is 424 g/mol. The van der Waals surface area contributed by atoms with Gasteiger partial charge in [0.15, 0.2) is 0 Å². The van der Waals surface area contributed by atoms with Gasteiger partial charge in [0.1, 0.15) is 0 Å². The van der Waals surface area contributed by atoms with Gasteiger partial charge in [-0.25, -0.2) is 9.59 Å². The van der Waals surface area contributed by atoms with Crippen molar-refractivity contribution >= 4 is 30.3 Å². The summed E-state index contributed by atoms with van der Waals surface area (Å²) in [5.41, 5.74) is 1.98. The predicted molar refractivity (Wildman–Crippen MR) is 112 cm³/mol.